The number of carboxylic acid groups (broad SMARTS) is 1. The van der Waals surface area contributed by atoms with Gasteiger partial charge in [-0.1, -0.05) is 68.4 Å². The van der Waals surface area contributed by atoms with E-state index in [1.54, 1.807) is 32.2 Å². The zero-order valence-electron chi connectivity index (χ0n) is 20.3. The first-order valence-corrected chi connectivity index (χ1v) is 12.7. The molecular weight excluding hydrogens is 486 g/mol. The highest BCUT2D eigenvalue weighted by molar-refractivity contribution is 7.17. The molecule has 0 radical (unpaired) electrons. The lowest BCUT2D eigenvalue weighted by atomic mass is 10.00. The number of carbonyl (C=O) groups excluding carboxylic acids is 2. The van der Waals surface area contributed by atoms with Crippen molar-refractivity contribution in [1.29, 1.82) is 0 Å². The number of fused-ring (bicyclic) bond motifs is 1. The lowest BCUT2D eigenvalue weighted by Gasteiger charge is -2.27. The Balaban J connectivity index is 1.29. The first-order chi connectivity index (χ1) is 17.8. The van der Waals surface area contributed by atoms with Crippen molar-refractivity contribution in [3.8, 4) is 21.6 Å². The average Bonchev–Trinajstić information content (AvgIpc) is 3.50. The molecule has 0 saturated heterocycles. The second kappa shape index (κ2) is 9.99. The fourth-order valence-corrected chi connectivity index (χ4v) is 5.37. The number of carbonyl (C=O) groups is 3. The Morgan fingerprint density at radius 1 is 0.973 bits per heavy atom. The topological polar surface area (TPSA) is 99.6 Å². The van der Waals surface area contributed by atoms with E-state index in [2.05, 4.69) is 10.3 Å². The summed E-state index contributed by atoms with van der Waals surface area (Å²) in [5.41, 5.74) is 4.72. The third-order valence-electron chi connectivity index (χ3n) is 6.40. The van der Waals surface area contributed by atoms with Gasteiger partial charge in [-0.05, 0) is 46.4 Å². The van der Waals surface area contributed by atoms with Gasteiger partial charge < -0.3 is 15.3 Å². The molecule has 2 amide bonds. The minimum Gasteiger partial charge on any atom is -0.480 e. The van der Waals surface area contributed by atoms with Crippen molar-refractivity contribution in [2.45, 2.75) is 26.4 Å². The fourth-order valence-electron chi connectivity index (χ4n) is 4.55. The average molecular weight is 512 g/mol. The normalized spacial score (nSPS) is 13.5. The van der Waals surface area contributed by atoms with Gasteiger partial charge in [-0.3, -0.25) is 9.59 Å². The van der Waals surface area contributed by atoms with Gasteiger partial charge >= 0.3 is 5.97 Å². The molecule has 0 aliphatic carbocycles. The lowest BCUT2D eigenvalue weighted by Crippen LogP contribution is -2.44. The molecule has 4 aromatic rings. The van der Waals surface area contributed by atoms with Crippen LogP contribution in [0.1, 0.15) is 39.6 Å². The van der Waals surface area contributed by atoms with Crippen molar-refractivity contribution in [1.82, 2.24) is 9.88 Å². The Morgan fingerprint density at radius 2 is 1.68 bits per heavy atom. The minimum atomic E-state index is -0.997. The quantitative estimate of drug-likeness (QED) is 0.327. The van der Waals surface area contributed by atoms with E-state index in [0.717, 1.165) is 27.1 Å². The monoisotopic (exact) mass is 511 g/mol. The van der Waals surface area contributed by atoms with E-state index in [9.17, 15) is 19.5 Å². The maximum absolute atomic E-state index is 13.0. The summed E-state index contributed by atoms with van der Waals surface area (Å²) >= 11 is 1.33. The van der Waals surface area contributed by atoms with Crippen LogP contribution < -0.4 is 5.32 Å². The van der Waals surface area contributed by atoms with Crippen LogP contribution in [0.3, 0.4) is 0 Å². The molecule has 1 aromatic heterocycles. The highest BCUT2D eigenvalue weighted by Crippen LogP contribution is 2.32. The molecule has 0 saturated carbocycles. The molecule has 8 heteroatoms. The Bertz CT molecular complexity index is 1480. The van der Waals surface area contributed by atoms with Crippen LogP contribution in [0.2, 0.25) is 0 Å². The van der Waals surface area contributed by atoms with Crippen LogP contribution in [0.5, 0.6) is 0 Å². The number of thiazole rings is 1. The maximum atomic E-state index is 13.0. The van der Waals surface area contributed by atoms with Gasteiger partial charge in [-0.2, -0.15) is 0 Å². The van der Waals surface area contributed by atoms with Gasteiger partial charge in [-0.25, -0.2) is 9.78 Å². The van der Waals surface area contributed by atoms with Crippen molar-refractivity contribution >= 4 is 34.8 Å². The highest BCUT2D eigenvalue weighted by Gasteiger charge is 2.38. The molecule has 7 nitrogen and oxygen atoms in total. The molecule has 1 atom stereocenters. The third-order valence-corrected chi connectivity index (χ3v) is 7.44. The molecule has 5 rings (SSSR count). The number of aromatic nitrogens is 1. The van der Waals surface area contributed by atoms with Crippen LogP contribution in [-0.4, -0.2) is 38.8 Å². The molecule has 1 aliphatic rings. The number of anilines is 1. The van der Waals surface area contributed by atoms with Crippen LogP contribution in [0.25, 0.3) is 21.6 Å². The number of benzene rings is 3. The summed E-state index contributed by atoms with van der Waals surface area (Å²) in [5, 5.41) is 12.9. The van der Waals surface area contributed by atoms with E-state index in [1.807, 2.05) is 60.7 Å². The van der Waals surface area contributed by atoms with Crippen LogP contribution in [0.4, 0.5) is 5.69 Å². The van der Waals surface area contributed by atoms with Gasteiger partial charge in [0.05, 0.1) is 4.88 Å². The molecule has 3 aromatic carbocycles. The fraction of sp³-hybridized carbons (Fsp3) is 0.172. The number of nitrogens with zero attached hydrogens (tertiary/aromatic N) is 2. The van der Waals surface area contributed by atoms with Crippen molar-refractivity contribution in [3.05, 3.63) is 95.1 Å². The molecule has 0 bridgehead atoms. The van der Waals surface area contributed by atoms with Gasteiger partial charge in [0.1, 0.15) is 6.04 Å². The number of carboxylic acids is 1. The number of amides is 2. The van der Waals surface area contributed by atoms with Gasteiger partial charge in [0.15, 0.2) is 5.01 Å². The molecule has 0 fully saturated rings. The molecule has 2 heterocycles. The Kier molecular flexibility index (Phi) is 6.58. The molecular formula is C29H25N3O4S. The number of hydrogen-bond donors (Lipinski definition) is 2. The summed E-state index contributed by atoms with van der Waals surface area (Å²) < 4.78 is 0. The first kappa shape index (κ1) is 24.4. The predicted molar refractivity (Wildman–Crippen MR) is 144 cm³/mol. The number of nitrogens with one attached hydrogen (secondary N) is 1. The molecule has 0 spiro atoms. The number of aliphatic carboxylic acids is 1. The SMILES string of the molecule is CC(C)[C@@H](C(=O)O)N1Cc2ccc(-c3ccc(NC(=O)c4ncc(-c5ccccc5)s4)cc3)cc2C1=O. The second-order valence-electron chi connectivity index (χ2n) is 9.26. The lowest BCUT2D eigenvalue weighted by molar-refractivity contribution is -0.144. The smallest absolute Gasteiger partial charge is 0.326 e. The van der Waals surface area contributed by atoms with Gasteiger partial charge in [0, 0.05) is 24.0 Å². The van der Waals surface area contributed by atoms with Crippen molar-refractivity contribution < 1.29 is 19.5 Å². The van der Waals surface area contributed by atoms with Gasteiger partial charge in [0.25, 0.3) is 11.8 Å². The minimum absolute atomic E-state index is 0.202. The summed E-state index contributed by atoms with van der Waals surface area (Å²) in [6, 6.07) is 21.9. The Labute approximate surface area is 218 Å². The predicted octanol–water partition coefficient (Wildman–Crippen LogP) is 5.79. The summed E-state index contributed by atoms with van der Waals surface area (Å²) in [4.78, 5) is 44.1. The van der Waals surface area contributed by atoms with Crippen LogP contribution >= 0.6 is 11.3 Å². The van der Waals surface area contributed by atoms with Crippen LogP contribution in [0, 0.1) is 5.92 Å². The number of hydrogen-bond acceptors (Lipinski definition) is 5. The Morgan fingerprint density at radius 3 is 2.35 bits per heavy atom. The molecule has 186 valence electrons. The molecule has 0 unspecified atom stereocenters. The summed E-state index contributed by atoms with van der Waals surface area (Å²) in [5.74, 6) is -1.74. The maximum Gasteiger partial charge on any atom is 0.326 e. The van der Waals surface area contributed by atoms with Gasteiger partial charge in [-0.15, -0.1) is 11.3 Å². The second-order valence-corrected chi connectivity index (χ2v) is 10.3. The van der Waals surface area contributed by atoms with Crippen molar-refractivity contribution in [2.75, 3.05) is 5.32 Å². The highest BCUT2D eigenvalue weighted by atomic mass is 32.1. The first-order valence-electron chi connectivity index (χ1n) is 11.9. The van der Waals surface area contributed by atoms with E-state index in [0.29, 0.717) is 16.3 Å². The van der Waals surface area contributed by atoms with Crippen molar-refractivity contribution in [2.24, 2.45) is 5.92 Å². The molecule has 37 heavy (non-hydrogen) atoms. The molecule has 1 aliphatic heterocycles. The van der Waals surface area contributed by atoms with E-state index in [-0.39, 0.29) is 24.3 Å². The third kappa shape index (κ3) is 4.88. The zero-order valence-corrected chi connectivity index (χ0v) is 21.2. The summed E-state index contributed by atoms with van der Waals surface area (Å²) in [6.45, 7) is 3.90. The summed E-state index contributed by atoms with van der Waals surface area (Å²) in [7, 11) is 0. The van der Waals surface area contributed by atoms with Crippen LogP contribution in [0.15, 0.2) is 79.0 Å². The van der Waals surface area contributed by atoms with Crippen LogP contribution in [-0.2, 0) is 11.3 Å². The zero-order chi connectivity index (χ0) is 26.1. The Hall–Kier alpha value is -4.30. The van der Waals surface area contributed by atoms with E-state index < -0.39 is 12.0 Å². The molecule has 2 N–H and O–H groups in total. The summed E-state index contributed by atoms with van der Waals surface area (Å²) in [6.07, 6.45) is 1.70. The van der Waals surface area contributed by atoms with Crippen molar-refractivity contribution in [3.63, 3.8) is 0 Å². The van der Waals surface area contributed by atoms with Gasteiger partial charge in [0.2, 0.25) is 0 Å². The standard InChI is InChI=1S/C29H25N3O4S/c1-17(2)25(29(35)36)32-16-21-9-8-20(14-23(21)28(32)34)18-10-12-22(13-11-18)31-26(33)27-30-15-24(37-27)19-6-4-3-5-7-19/h3-15,17,25H,16H2,1-2H3,(H,31,33)(H,35,36)/t25-/m0/s1. The van der Waals surface area contributed by atoms with E-state index >= 15 is 0 Å². The number of rotatable bonds is 7. The largest absolute Gasteiger partial charge is 0.480 e. The van der Waals surface area contributed by atoms with E-state index in [4.69, 9.17) is 0 Å². The van der Waals surface area contributed by atoms with E-state index in [1.165, 1.54) is 16.2 Å².